The Labute approximate surface area is 188 Å². The second kappa shape index (κ2) is 8.94. The number of para-hydroxylation sites is 2. The minimum atomic E-state index is -4.41. The minimum Gasteiger partial charge on any atom is -0.468 e. The van der Waals surface area contributed by atoms with Crippen LogP contribution in [0.25, 0.3) is 11.0 Å². The lowest BCUT2D eigenvalue weighted by molar-refractivity contribution is -0.141. The SMILES string of the molecule is COC(=O)[C@H](C#N)c1nc2ccccc2nc1N1CCN(c2cccc(C(F)(F)F)c2)CC1. The fourth-order valence-electron chi connectivity index (χ4n) is 3.83. The topological polar surface area (TPSA) is 82.3 Å². The van der Waals surface area contributed by atoms with E-state index in [1.807, 2.05) is 21.9 Å². The predicted molar refractivity (Wildman–Crippen MR) is 116 cm³/mol. The molecule has 3 aromatic rings. The van der Waals surface area contributed by atoms with Crippen molar-refractivity contribution in [3.8, 4) is 6.07 Å². The first-order valence-electron chi connectivity index (χ1n) is 10.2. The number of esters is 1. The summed E-state index contributed by atoms with van der Waals surface area (Å²) in [6.45, 7) is 1.72. The molecular weight excluding hydrogens is 435 g/mol. The first-order valence-corrected chi connectivity index (χ1v) is 10.2. The van der Waals surface area contributed by atoms with Crippen LogP contribution in [0.5, 0.6) is 0 Å². The molecule has 2 heterocycles. The van der Waals surface area contributed by atoms with Crippen LogP contribution >= 0.6 is 0 Å². The average molecular weight is 455 g/mol. The second-order valence-electron chi connectivity index (χ2n) is 7.53. The molecule has 1 saturated heterocycles. The summed E-state index contributed by atoms with van der Waals surface area (Å²) < 4.78 is 44.0. The Kier molecular flexibility index (Phi) is 6.05. The first kappa shape index (κ1) is 22.3. The zero-order valence-corrected chi connectivity index (χ0v) is 17.7. The van der Waals surface area contributed by atoms with Gasteiger partial charge in [0.2, 0.25) is 0 Å². The van der Waals surface area contributed by atoms with Crippen molar-refractivity contribution in [3.63, 3.8) is 0 Å². The first-order chi connectivity index (χ1) is 15.8. The van der Waals surface area contributed by atoms with Gasteiger partial charge < -0.3 is 14.5 Å². The summed E-state index contributed by atoms with van der Waals surface area (Å²) in [4.78, 5) is 25.2. The second-order valence-corrected chi connectivity index (χ2v) is 7.53. The number of carbonyl (C=O) groups is 1. The number of anilines is 2. The van der Waals surface area contributed by atoms with Crippen molar-refractivity contribution in [1.82, 2.24) is 9.97 Å². The molecular formula is C23H20F3N5O2. The van der Waals surface area contributed by atoms with Crippen molar-refractivity contribution >= 4 is 28.5 Å². The van der Waals surface area contributed by atoms with E-state index in [9.17, 15) is 23.2 Å². The summed E-state index contributed by atoms with van der Waals surface area (Å²) in [6, 6.07) is 14.3. The monoisotopic (exact) mass is 455 g/mol. The lowest BCUT2D eigenvalue weighted by Gasteiger charge is -2.37. The van der Waals surface area contributed by atoms with Crippen molar-refractivity contribution in [3.05, 3.63) is 59.8 Å². The van der Waals surface area contributed by atoms with Crippen LogP contribution in [-0.4, -0.2) is 49.2 Å². The summed E-state index contributed by atoms with van der Waals surface area (Å²) in [6.07, 6.45) is -4.41. The Hall–Kier alpha value is -3.87. The molecule has 0 radical (unpaired) electrons. The van der Waals surface area contributed by atoms with Gasteiger partial charge in [0.05, 0.1) is 29.8 Å². The third-order valence-electron chi connectivity index (χ3n) is 5.54. The van der Waals surface area contributed by atoms with Gasteiger partial charge in [-0.2, -0.15) is 18.4 Å². The van der Waals surface area contributed by atoms with Crippen LogP contribution in [-0.2, 0) is 15.7 Å². The molecule has 0 aliphatic carbocycles. The van der Waals surface area contributed by atoms with Gasteiger partial charge in [0.1, 0.15) is 5.69 Å². The molecule has 0 amide bonds. The molecule has 0 unspecified atom stereocenters. The van der Waals surface area contributed by atoms with Gasteiger partial charge >= 0.3 is 12.1 Å². The molecule has 1 fully saturated rings. The molecule has 1 aliphatic rings. The number of piperazine rings is 1. The van der Waals surface area contributed by atoms with Crippen molar-refractivity contribution in [1.29, 1.82) is 5.26 Å². The summed E-state index contributed by atoms with van der Waals surface area (Å²) in [5.74, 6) is -1.58. The van der Waals surface area contributed by atoms with Gasteiger partial charge in [-0.3, -0.25) is 4.79 Å². The van der Waals surface area contributed by atoms with Gasteiger partial charge in [0, 0.05) is 31.9 Å². The number of methoxy groups -OCH3 is 1. The van der Waals surface area contributed by atoms with Crippen LogP contribution in [0.4, 0.5) is 24.7 Å². The van der Waals surface area contributed by atoms with Crippen LogP contribution in [0.2, 0.25) is 0 Å². The van der Waals surface area contributed by atoms with Gasteiger partial charge in [-0.25, -0.2) is 9.97 Å². The molecule has 0 bridgehead atoms. The zero-order chi connectivity index (χ0) is 23.6. The Morgan fingerprint density at radius 3 is 2.27 bits per heavy atom. The highest BCUT2D eigenvalue weighted by Gasteiger charge is 2.33. The summed E-state index contributed by atoms with van der Waals surface area (Å²) >= 11 is 0. The van der Waals surface area contributed by atoms with Crippen LogP contribution < -0.4 is 9.80 Å². The van der Waals surface area contributed by atoms with Crippen molar-refractivity contribution in [2.45, 2.75) is 12.1 Å². The third-order valence-corrected chi connectivity index (χ3v) is 5.54. The van der Waals surface area contributed by atoms with E-state index in [0.29, 0.717) is 48.7 Å². The quantitative estimate of drug-likeness (QED) is 0.554. The van der Waals surface area contributed by atoms with E-state index in [-0.39, 0.29) is 5.69 Å². The highest BCUT2D eigenvalue weighted by molar-refractivity contribution is 5.85. The molecule has 10 heteroatoms. The largest absolute Gasteiger partial charge is 0.468 e. The molecule has 0 saturated carbocycles. The molecule has 1 aliphatic heterocycles. The van der Waals surface area contributed by atoms with Crippen molar-refractivity contribution in [2.75, 3.05) is 43.1 Å². The zero-order valence-electron chi connectivity index (χ0n) is 17.7. The number of benzene rings is 2. The number of ether oxygens (including phenoxy) is 1. The molecule has 7 nitrogen and oxygen atoms in total. The lowest BCUT2D eigenvalue weighted by atomic mass is 10.1. The minimum absolute atomic E-state index is 0.204. The average Bonchev–Trinajstić information content (AvgIpc) is 2.83. The van der Waals surface area contributed by atoms with E-state index in [4.69, 9.17) is 4.74 Å². The number of aromatic nitrogens is 2. The molecule has 1 aromatic heterocycles. The standard InChI is InChI=1S/C23H20F3N5O2/c1-33-22(32)17(14-27)20-21(29-19-8-3-2-7-18(19)28-20)31-11-9-30(10-12-31)16-6-4-5-15(13-16)23(24,25)26/h2-8,13,17H,9-12H2,1H3/t17-/m1/s1. The lowest BCUT2D eigenvalue weighted by Crippen LogP contribution is -2.47. The maximum atomic E-state index is 13.1. The third kappa shape index (κ3) is 4.53. The molecule has 170 valence electrons. The van der Waals surface area contributed by atoms with E-state index in [1.165, 1.54) is 13.2 Å². The Morgan fingerprint density at radius 2 is 1.67 bits per heavy atom. The van der Waals surface area contributed by atoms with E-state index in [1.54, 1.807) is 24.3 Å². The highest BCUT2D eigenvalue weighted by Crippen LogP contribution is 2.33. The highest BCUT2D eigenvalue weighted by atomic mass is 19.4. The Bertz CT molecular complexity index is 1220. The molecule has 4 rings (SSSR count). The van der Waals surface area contributed by atoms with Crippen LogP contribution in [0.3, 0.4) is 0 Å². The van der Waals surface area contributed by atoms with Gasteiger partial charge in [-0.15, -0.1) is 0 Å². The van der Waals surface area contributed by atoms with Crippen molar-refractivity contribution < 1.29 is 22.7 Å². The Morgan fingerprint density at radius 1 is 1.03 bits per heavy atom. The van der Waals surface area contributed by atoms with Crippen molar-refractivity contribution in [2.24, 2.45) is 0 Å². The number of carbonyl (C=O) groups excluding carboxylic acids is 1. The van der Waals surface area contributed by atoms with Crippen LogP contribution in [0.1, 0.15) is 17.2 Å². The fraction of sp³-hybridized carbons (Fsp3) is 0.304. The fourth-order valence-corrected chi connectivity index (χ4v) is 3.83. The number of rotatable bonds is 4. The molecule has 2 aromatic carbocycles. The normalized spacial score (nSPS) is 15.2. The van der Waals surface area contributed by atoms with E-state index < -0.39 is 23.6 Å². The molecule has 0 spiro atoms. The van der Waals surface area contributed by atoms with Gasteiger partial charge in [0.15, 0.2) is 11.7 Å². The number of hydrogen-bond acceptors (Lipinski definition) is 7. The van der Waals surface area contributed by atoms with Gasteiger partial charge in [-0.05, 0) is 30.3 Å². The summed E-state index contributed by atoms with van der Waals surface area (Å²) in [5.41, 5.74) is 1.15. The van der Waals surface area contributed by atoms with E-state index >= 15 is 0 Å². The molecule has 1 atom stereocenters. The maximum absolute atomic E-state index is 13.1. The number of alkyl halides is 3. The molecule has 0 N–H and O–H groups in total. The van der Waals surface area contributed by atoms with Gasteiger partial charge in [0.25, 0.3) is 0 Å². The number of hydrogen-bond donors (Lipinski definition) is 0. The number of halogens is 3. The van der Waals surface area contributed by atoms with E-state index in [0.717, 1.165) is 12.1 Å². The Balaban J connectivity index is 1.63. The van der Waals surface area contributed by atoms with Gasteiger partial charge in [-0.1, -0.05) is 18.2 Å². The predicted octanol–water partition coefficient (Wildman–Crippen LogP) is 3.76. The van der Waals surface area contributed by atoms with Crippen LogP contribution in [0, 0.1) is 11.3 Å². The van der Waals surface area contributed by atoms with E-state index in [2.05, 4.69) is 9.97 Å². The smallest absolute Gasteiger partial charge is 0.416 e. The summed E-state index contributed by atoms with van der Waals surface area (Å²) in [5, 5.41) is 9.62. The summed E-state index contributed by atoms with van der Waals surface area (Å²) in [7, 11) is 1.20. The van der Waals surface area contributed by atoms with Crippen LogP contribution in [0.15, 0.2) is 48.5 Å². The number of fused-ring (bicyclic) bond motifs is 1. The number of nitriles is 1. The number of nitrogens with zero attached hydrogens (tertiary/aromatic N) is 5. The maximum Gasteiger partial charge on any atom is 0.416 e. The molecule has 33 heavy (non-hydrogen) atoms.